The molecule has 5 nitrogen and oxygen atoms in total. The molecule has 0 bridgehead atoms. The van der Waals surface area contributed by atoms with Gasteiger partial charge >= 0.3 is 0 Å². The second kappa shape index (κ2) is 5.36. The SMILES string of the molecule is C[C@H](N)C(=O)C(=N)Cc1cccc(C(=N)N)c1. The summed E-state index contributed by atoms with van der Waals surface area (Å²) in [6.07, 6.45) is 0.210. The van der Waals surface area contributed by atoms with Crippen molar-refractivity contribution in [2.45, 2.75) is 19.4 Å². The van der Waals surface area contributed by atoms with Gasteiger partial charge in [-0.05, 0) is 18.6 Å². The number of rotatable bonds is 5. The van der Waals surface area contributed by atoms with Crippen molar-refractivity contribution in [3.63, 3.8) is 0 Å². The number of carbonyl (C=O) groups excluding carboxylic acids is 1. The molecule has 90 valence electrons. The van der Waals surface area contributed by atoms with E-state index in [1.54, 1.807) is 31.2 Å². The summed E-state index contributed by atoms with van der Waals surface area (Å²) >= 11 is 0. The minimum atomic E-state index is -0.654. The lowest BCUT2D eigenvalue weighted by Gasteiger charge is -2.07. The summed E-state index contributed by atoms with van der Waals surface area (Å²) in [6.45, 7) is 1.56. The highest BCUT2D eigenvalue weighted by Crippen LogP contribution is 2.06. The fraction of sp³-hybridized carbons (Fsp3) is 0.250. The molecule has 0 aliphatic heterocycles. The van der Waals surface area contributed by atoms with Crippen molar-refractivity contribution in [2.24, 2.45) is 11.5 Å². The predicted octanol–water partition coefficient (Wildman–Crippen LogP) is 0.449. The zero-order valence-corrected chi connectivity index (χ0v) is 9.66. The van der Waals surface area contributed by atoms with Gasteiger partial charge < -0.3 is 16.9 Å². The first-order valence-electron chi connectivity index (χ1n) is 5.22. The van der Waals surface area contributed by atoms with Crippen molar-refractivity contribution in [2.75, 3.05) is 0 Å². The molecule has 0 amide bonds. The third-order valence-corrected chi connectivity index (χ3v) is 2.33. The van der Waals surface area contributed by atoms with E-state index in [9.17, 15) is 4.79 Å². The Morgan fingerprint density at radius 2 is 2.06 bits per heavy atom. The third kappa shape index (κ3) is 3.49. The standard InChI is InChI=1S/C12H16N4O/c1-7(13)11(17)10(14)6-8-3-2-4-9(5-8)12(15)16/h2-5,7,14H,6,13H2,1H3,(H3,15,16)/t7-/m0/s1. The normalized spacial score (nSPS) is 11.9. The van der Waals surface area contributed by atoms with Crippen molar-refractivity contribution >= 4 is 17.3 Å². The number of nitrogens with two attached hydrogens (primary N) is 2. The van der Waals surface area contributed by atoms with E-state index >= 15 is 0 Å². The summed E-state index contributed by atoms with van der Waals surface area (Å²) in [7, 11) is 0. The van der Waals surface area contributed by atoms with Crippen molar-refractivity contribution < 1.29 is 4.79 Å². The molecule has 1 rings (SSSR count). The van der Waals surface area contributed by atoms with E-state index in [1.165, 1.54) is 0 Å². The van der Waals surface area contributed by atoms with Gasteiger partial charge in [-0.3, -0.25) is 10.2 Å². The van der Waals surface area contributed by atoms with Gasteiger partial charge in [-0.2, -0.15) is 0 Å². The molecule has 0 spiro atoms. The van der Waals surface area contributed by atoms with Crippen molar-refractivity contribution in [1.29, 1.82) is 10.8 Å². The van der Waals surface area contributed by atoms with E-state index in [2.05, 4.69) is 0 Å². The quantitative estimate of drug-likeness (QED) is 0.436. The highest BCUT2D eigenvalue weighted by molar-refractivity contribution is 6.40. The number of nitrogen functional groups attached to an aromatic ring is 1. The molecule has 1 atom stereocenters. The zero-order chi connectivity index (χ0) is 13.0. The Morgan fingerprint density at radius 3 is 2.59 bits per heavy atom. The van der Waals surface area contributed by atoms with Gasteiger partial charge in [-0.1, -0.05) is 18.2 Å². The third-order valence-electron chi connectivity index (χ3n) is 2.33. The summed E-state index contributed by atoms with van der Waals surface area (Å²) in [5.74, 6) is -0.393. The van der Waals surface area contributed by atoms with E-state index in [0.29, 0.717) is 5.56 Å². The molecule has 0 radical (unpaired) electrons. The van der Waals surface area contributed by atoms with E-state index in [-0.39, 0.29) is 23.8 Å². The van der Waals surface area contributed by atoms with Crippen LogP contribution in [0.5, 0.6) is 0 Å². The van der Waals surface area contributed by atoms with Crippen LogP contribution in [0.2, 0.25) is 0 Å². The van der Waals surface area contributed by atoms with Crippen LogP contribution in [0.15, 0.2) is 24.3 Å². The Balaban J connectivity index is 2.82. The summed E-state index contributed by atoms with van der Waals surface area (Å²) < 4.78 is 0. The Morgan fingerprint density at radius 1 is 1.41 bits per heavy atom. The van der Waals surface area contributed by atoms with Crippen LogP contribution in [0.25, 0.3) is 0 Å². The van der Waals surface area contributed by atoms with E-state index < -0.39 is 6.04 Å². The fourth-order valence-electron chi connectivity index (χ4n) is 1.41. The maximum Gasteiger partial charge on any atom is 0.192 e. The van der Waals surface area contributed by atoms with Crippen LogP contribution in [-0.2, 0) is 11.2 Å². The highest BCUT2D eigenvalue weighted by Gasteiger charge is 2.14. The molecule has 0 heterocycles. The van der Waals surface area contributed by atoms with Gasteiger partial charge in [0.2, 0.25) is 0 Å². The van der Waals surface area contributed by atoms with Gasteiger partial charge in [-0.15, -0.1) is 0 Å². The number of hydrogen-bond donors (Lipinski definition) is 4. The Labute approximate surface area is 99.8 Å². The first kappa shape index (κ1) is 13.1. The van der Waals surface area contributed by atoms with Gasteiger partial charge in [0.1, 0.15) is 5.84 Å². The fourth-order valence-corrected chi connectivity index (χ4v) is 1.41. The smallest absolute Gasteiger partial charge is 0.192 e. The van der Waals surface area contributed by atoms with Gasteiger partial charge in [0.15, 0.2) is 5.78 Å². The highest BCUT2D eigenvalue weighted by atomic mass is 16.1. The molecule has 17 heavy (non-hydrogen) atoms. The first-order valence-corrected chi connectivity index (χ1v) is 5.22. The van der Waals surface area contributed by atoms with Crippen LogP contribution in [0, 0.1) is 10.8 Å². The number of amidine groups is 1. The average molecular weight is 232 g/mol. The number of carbonyl (C=O) groups is 1. The molecule has 0 aliphatic carbocycles. The van der Waals surface area contributed by atoms with Crippen LogP contribution in [0.1, 0.15) is 18.1 Å². The first-order chi connectivity index (χ1) is 7.91. The molecule has 0 saturated carbocycles. The van der Waals surface area contributed by atoms with Crippen LogP contribution in [-0.4, -0.2) is 23.4 Å². The van der Waals surface area contributed by atoms with Crippen LogP contribution in [0.3, 0.4) is 0 Å². The van der Waals surface area contributed by atoms with Gasteiger partial charge in [0, 0.05) is 12.0 Å². The average Bonchev–Trinajstić information content (AvgIpc) is 2.28. The molecule has 0 fully saturated rings. The van der Waals surface area contributed by atoms with Gasteiger partial charge in [0.05, 0.1) is 11.8 Å². The molecular weight excluding hydrogens is 216 g/mol. The molecule has 0 unspecified atom stereocenters. The molecule has 1 aromatic rings. The topological polar surface area (TPSA) is 117 Å². The number of Topliss-reactive ketones (excluding diaryl/α,β-unsaturated/α-hetero) is 1. The number of benzene rings is 1. The predicted molar refractivity (Wildman–Crippen MR) is 67.5 cm³/mol. The molecule has 5 heteroatoms. The lowest BCUT2D eigenvalue weighted by Crippen LogP contribution is -2.33. The largest absolute Gasteiger partial charge is 0.384 e. The maximum absolute atomic E-state index is 11.4. The van der Waals surface area contributed by atoms with Crippen molar-refractivity contribution in [3.8, 4) is 0 Å². The van der Waals surface area contributed by atoms with E-state index in [4.69, 9.17) is 22.3 Å². The summed E-state index contributed by atoms with van der Waals surface area (Å²) in [5, 5.41) is 14.9. The molecule has 1 aromatic carbocycles. The van der Waals surface area contributed by atoms with E-state index in [0.717, 1.165) is 5.56 Å². The Bertz CT molecular complexity index is 465. The lowest BCUT2D eigenvalue weighted by atomic mass is 10.0. The van der Waals surface area contributed by atoms with Gasteiger partial charge in [0.25, 0.3) is 0 Å². The number of ketones is 1. The van der Waals surface area contributed by atoms with Crippen molar-refractivity contribution in [1.82, 2.24) is 0 Å². The Kier molecular flexibility index (Phi) is 4.12. The van der Waals surface area contributed by atoms with E-state index in [1.807, 2.05) is 0 Å². The van der Waals surface area contributed by atoms with Gasteiger partial charge in [-0.25, -0.2) is 0 Å². The van der Waals surface area contributed by atoms with Crippen LogP contribution in [0.4, 0.5) is 0 Å². The summed E-state index contributed by atoms with van der Waals surface area (Å²) in [5.41, 5.74) is 12.1. The minimum absolute atomic E-state index is 0.0271. The zero-order valence-electron chi connectivity index (χ0n) is 9.66. The molecular formula is C12H16N4O. The summed E-state index contributed by atoms with van der Waals surface area (Å²) in [4.78, 5) is 11.4. The second-order valence-electron chi connectivity index (χ2n) is 3.92. The molecule has 0 aliphatic rings. The minimum Gasteiger partial charge on any atom is -0.384 e. The number of hydrogen-bond acceptors (Lipinski definition) is 4. The molecule has 6 N–H and O–H groups in total. The summed E-state index contributed by atoms with van der Waals surface area (Å²) in [6, 6.07) is 6.29. The Hall–Kier alpha value is -2.01. The second-order valence-corrected chi connectivity index (χ2v) is 3.92. The van der Waals surface area contributed by atoms with Crippen LogP contribution >= 0.6 is 0 Å². The van der Waals surface area contributed by atoms with Crippen molar-refractivity contribution in [3.05, 3.63) is 35.4 Å². The van der Waals surface area contributed by atoms with Crippen LogP contribution < -0.4 is 11.5 Å². The molecule has 0 aromatic heterocycles. The maximum atomic E-state index is 11.4. The monoisotopic (exact) mass is 232 g/mol. The molecule has 0 saturated heterocycles. The number of nitrogens with one attached hydrogen (secondary N) is 2. The lowest BCUT2D eigenvalue weighted by molar-refractivity contribution is -0.113.